The maximum atomic E-state index is 4.75. The van der Waals surface area contributed by atoms with Crippen LogP contribution in [0.5, 0.6) is 0 Å². The Morgan fingerprint density at radius 3 is 2.77 bits per heavy atom. The minimum Gasteiger partial charge on any atom is -0.366 e. The number of likely N-dealkylation sites (tertiary alicyclic amines) is 1. The van der Waals surface area contributed by atoms with Crippen LogP contribution in [0.25, 0.3) is 11.4 Å². The molecule has 0 spiro atoms. The van der Waals surface area contributed by atoms with E-state index in [9.17, 15) is 0 Å². The summed E-state index contributed by atoms with van der Waals surface area (Å²) in [6.45, 7) is 4.42. The maximum absolute atomic E-state index is 4.75. The molecule has 4 rings (SSSR count). The fourth-order valence-electron chi connectivity index (χ4n) is 4.38. The first-order chi connectivity index (χ1) is 12.8. The van der Waals surface area contributed by atoms with Crippen molar-refractivity contribution in [2.75, 3.05) is 18.4 Å². The molecule has 2 aromatic heterocycles. The topological polar surface area (TPSA) is 53.9 Å². The Labute approximate surface area is 156 Å². The molecule has 1 aliphatic heterocycles. The molecule has 26 heavy (non-hydrogen) atoms. The second-order valence-corrected chi connectivity index (χ2v) is 7.73. The highest BCUT2D eigenvalue weighted by atomic mass is 15.2. The Kier molecular flexibility index (Phi) is 5.44. The zero-order valence-corrected chi connectivity index (χ0v) is 15.7. The highest BCUT2D eigenvalue weighted by Crippen LogP contribution is 2.26. The molecule has 138 valence electrons. The second-order valence-electron chi connectivity index (χ2n) is 7.73. The molecular weight excluding hydrogens is 322 g/mol. The lowest BCUT2D eigenvalue weighted by Gasteiger charge is -2.40. The number of nitrogens with zero attached hydrogens (tertiary/aromatic N) is 4. The van der Waals surface area contributed by atoms with Gasteiger partial charge in [0.25, 0.3) is 0 Å². The van der Waals surface area contributed by atoms with E-state index in [0.717, 1.165) is 35.5 Å². The number of aryl methyl sites for hydroxylation is 1. The Morgan fingerprint density at radius 2 is 1.96 bits per heavy atom. The van der Waals surface area contributed by atoms with Crippen LogP contribution >= 0.6 is 0 Å². The number of aromatic nitrogens is 3. The predicted octanol–water partition coefficient (Wildman–Crippen LogP) is 4.06. The SMILES string of the molecule is Cc1cc(NC2CCCN(C3CCCCC3)C2)nc(-c2cccnc2)n1. The molecule has 0 aromatic carbocycles. The van der Waals surface area contributed by atoms with E-state index >= 15 is 0 Å². The highest BCUT2D eigenvalue weighted by molar-refractivity contribution is 5.56. The first-order valence-corrected chi connectivity index (χ1v) is 10.0. The predicted molar refractivity (Wildman–Crippen MR) is 105 cm³/mol. The summed E-state index contributed by atoms with van der Waals surface area (Å²) in [4.78, 5) is 16.2. The lowest BCUT2D eigenvalue weighted by molar-refractivity contribution is 0.124. The second kappa shape index (κ2) is 8.12. The Bertz CT molecular complexity index is 712. The van der Waals surface area contributed by atoms with E-state index in [1.165, 1.54) is 51.5 Å². The van der Waals surface area contributed by atoms with Crippen LogP contribution < -0.4 is 5.32 Å². The summed E-state index contributed by atoms with van der Waals surface area (Å²) >= 11 is 0. The summed E-state index contributed by atoms with van der Waals surface area (Å²) < 4.78 is 0. The van der Waals surface area contributed by atoms with Gasteiger partial charge in [-0.15, -0.1) is 0 Å². The summed E-state index contributed by atoms with van der Waals surface area (Å²) in [7, 11) is 0. The molecular formula is C21H29N5. The van der Waals surface area contributed by atoms with E-state index in [2.05, 4.69) is 26.3 Å². The lowest BCUT2D eigenvalue weighted by atomic mass is 9.92. The molecule has 1 N–H and O–H groups in total. The number of piperidine rings is 1. The third-order valence-electron chi connectivity index (χ3n) is 5.67. The normalized spacial score (nSPS) is 22.3. The van der Waals surface area contributed by atoms with E-state index in [4.69, 9.17) is 4.98 Å². The third-order valence-corrected chi connectivity index (χ3v) is 5.67. The monoisotopic (exact) mass is 351 g/mol. The van der Waals surface area contributed by atoms with Gasteiger partial charge in [-0.05, 0) is 51.3 Å². The number of rotatable bonds is 4. The number of nitrogens with one attached hydrogen (secondary N) is 1. The fraction of sp³-hybridized carbons (Fsp3) is 0.571. The van der Waals surface area contributed by atoms with Crippen molar-refractivity contribution >= 4 is 5.82 Å². The van der Waals surface area contributed by atoms with Crippen molar-refractivity contribution in [3.05, 3.63) is 36.3 Å². The zero-order valence-electron chi connectivity index (χ0n) is 15.7. The van der Waals surface area contributed by atoms with E-state index in [-0.39, 0.29) is 0 Å². The van der Waals surface area contributed by atoms with Gasteiger partial charge in [0.05, 0.1) is 0 Å². The van der Waals surface area contributed by atoms with Crippen molar-refractivity contribution < 1.29 is 0 Å². The molecule has 2 aliphatic rings. The minimum absolute atomic E-state index is 0.474. The summed E-state index contributed by atoms with van der Waals surface area (Å²) in [5.41, 5.74) is 1.95. The van der Waals surface area contributed by atoms with Crippen LogP contribution in [0.4, 0.5) is 5.82 Å². The maximum Gasteiger partial charge on any atom is 0.163 e. The van der Waals surface area contributed by atoms with Crippen molar-refractivity contribution in [1.29, 1.82) is 0 Å². The number of hydrogen-bond donors (Lipinski definition) is 1. The summed E-state index contributed by atoms with van der Waals surface area (Å²) in [6, 6.07) is 7.27. The van der Waals surface area contributed by atoms with Crippen molar-refractivity contribution in [3.63, 3.8) is 0 Å². The zero-order chi connectivity index (χ0) is 17.8. The van der Waals surface area contributed by atoms with Gasteiger partial charge in [0.2, 0.25) is 0 Å². The van der Waals surface area contributed by atoms with Gasteiger partial charge in [-0.3, -0.25) is 9.88 Å². The van der Waals surface area contributed by atoms with Crippen LogP contribution in [-0.4, -0.2) is 45.0 Å². The average molecular weight is 351 g/mol. The molecule has 1 saturated heterocycles. The average Bonchev–Trinajstić information content (AvgIpc) is 2.69. The van der Waals surface area contributed by atoms with Crippen LogP contribution in [0.2, 0.25) is 0 Å². The van der Waals surface area contributed by atoms with E-state index in [1.54, 1.807) is 6.20 Å². The molecule has 0 radical (unpaired) electrons. The van der Waals surface area contributed by atoms with E-state index in [0.29, 0.717) is 6.04 Å². The Morgan fingerprint density at radius 1 is 1.08 bits per heavy atom. The van der Waals surface area contributed by atoms with Crippen LogP contribution in [0.15, 0.2) is 30.6 Å². The van der Waals surface area contributed by atoms with E-state index in [1.807, 2.05) is 25.3 Å². The molecule has 2 fully saturated rings. The minimum atomic E-state index is 0.474. The molecule has 1 saturated carbocycles. The standard InChI is InChI=1S/C21H29N5/c1-16-13-20(25-21(23-16)17-7-5-11-22-14-17)24-18-8-6-12-26(15-18)19-9-3-2-4-10-19/h5,7,11,13-14,18-19H,2-4,6,8-10,12,15H2,1H3,(H,23,24,25). The highest BCUT2D eigenvalue weighted by Gasteiger charge is 2.27. The molecule has 2 aromatic rings. The van der Waals surface area contributed by atoms with Gasteiger partial charge >= 0.3 is 0 Å². The van der Waals surface area contributed by atoms with Crippen LogP contribution in [-0.2, 0) is 0 Å². The molecule has 5 heteroatoms. The van der Waals surface area contributed by atoms with Gasteiger partial charge in [0.15, 0.2) is 5.82 Å². The van der Waals surface area contributed by atoms with Crippen molar-refractivity contribution in [3.8, 4) is 11.4 Å². The molecule has 0 amide bonds. The molecule has 5 nitrogen and oxygen atoms in total. The van der Waals surface area contributed by atoms with Gasteiger partial charge in [0, 0.05) is 48.3 Å². The summed E-state index contributed by atoms with van der Waals surface area (Å²) in [5, 5.41) is 3.69. The van der Waals surface area contributed by atoms with Crippen LogP contribution in [0, 0.1) is 6.92 Å². The van der Waals surface area contributed by atoms with Gasteiger partial charge in [-0.2, -0.15) is 0 Å². The van der Waals surface area contributed by atoms with Gasteiger partial charge in [-0.25, -0.2) is 9.97 Å². The first kappa shape index (κ1) is 17.4. The van der Waals surface area contributed by atoms with Gasteiger partial charge < -0.3 is 5.32 Å². The largest absolute Gasteiger partial charge is 0.366 e. The fourth-order valence-corrected chi connectivity index (χ4v) is 4.38. The van der Waals surface area contributed by atoms with Crippen LogP contribution in [0.1, 0.15) is 50.6 Å². The van der Waals surface area contributed by atoms with Crippen molar-refractivity contribution in [2.45, 2.75) is 64.0 Å². The molecule has 0 bridgehead atoms. The molecule has 3 heterocycles. The molecule has 1 atom stereocenters. The van der Waals surface area contributed by atoms with Crippen molar-refractivity contribution in [1.82, 2.24) is 19.9 Å². The van der Waals surface area contributed by atoms with Gasteiger partial charge in [0.1, 0.15) is 5.82 Å². The smallest absolute Gasteiger partial charge is 0.163 e. The molecule has 1 aliphatic carbocycles. The third kappa shape index (κ3) is 4.21. The summed E-state index contributed by atoms with van der Waals surface area (Å²) in [5.74, 6) is 1.69. The quantitative estimate of drug-likeness (QED) is 0.900. The number of anilines is 1. The lowest BCUT2D eigenvalue weighted by Crippen LogP contribution is -2.47. The van der Waals surface area contributed by atoms with Crippen molar-refractivity contribution in [2.24, 2.45) is 0 Å². The Balaban J connectivity index is 1.45. The first-order valence-electron chi connectivity index (χ1n) is 10.0. The summed E-state index contributed by atoms with van der Waals surface area (Å²) in [6.07, 6.45) is 13.1. The number of hydrogen-bond acceptors (Lipinski definition) is 5. The van der Waals surface area contributed by atoms with Crippen LogP contribution in [0.3, 0.4) is 0 Å². The Hall–Kier alpha value is -2.01. The van der Waals surface area contributed by atoms with E-state index < -0.39 is 0 Å². The van der Waals surface area contributed by atoms with Gasteiger partial charge in [-0.1, -0.05) is 19.3 Å². The molecule has 1 unspecified atom stereocenters. The number of pyridine rings is 1.